The molecule has 6 nitrogen and oxygen atoms in total. The Hall–Kier alpha value is -1.50. The molecule has 110 valence electrons. The summed E-state index contributed by atoms with van der Waals surface area (Å²) < 4.78 is 11.6. The molecule has 2 aliphatic rings. The normalized spacial score (nSPS) is 20.8. The minimum Gasteiger partial charge on any atom is -0.483 e. The number of anilines is 1. The largest absolute Gasteiger partial charge is 0.483 e. The number of fused-ring (bicyclic) bond motifs is 1. The third-order valence-electron chi connectivity index (χ3n) is 3.80. The third-order valence-corrected chi connectivity index (χ3v) is 3.80. The van der Waals surface area contributed by atoms with Crippen LogP contribution in [-0.4, -0.2) is 61.8 Å². The van der Waals surface area contributed by atoms with Crippen LogP contribution in [0.25, 0.3) is 0 Å². The highest BCUT2D eigenvalue weighted by molar-refractivity contribution is 5.65. The second-order valence-corrected chi connectivity index (χ2v) is 5.23. The first-order chi connectivity index (χ1) is 9.78. The van der Waals surface area contributed by atoms with E-state index in [1.54, 1.807) is 6.07 Å². The van der Waals surface area contributed by atoms with Gasteiger partial charge in [0.05, 0.1) is 18.9 Å². The second kappa shape index (κ2) is 5.47. The molecule has 20 heavy (non-hydrogen) atoms. The predicted octanol–water partition coefficient (Wildman–Crippen LogP) is -0.409. The number of aliphatic hydroxyl groups excluding tert-OH is 2. The number of benzene rings is 1. The van der Waals surface area contributed by atoms with E-state index in [2.05, 4.69) is 10.2 Å². The Kier molecular flexibility index (Phi) is 3.69. The van der Waals surface area contributed by atoms with Crippen molar-refractivity contribution in [1.82, 2.24) is 5.32 Å². The molecular formula is C14H20N2O4. The van der Waals surface area contributed by atoms with Gasteiger partial charge in [-0.15, -0.1) is 0 Å². The number of nitrogens with one attached hydrogen (secondary N) is 1. The SMILES string of the molecule is OCC1(CO)COc2c(cccc2N2CCNCC2)O1. The molecule has 0 aromatic heterocycles. The first-order valence-corrected chi connectivity index (χ1v) is 6.90. The number of rotatable bonds is 3. The van der Waals surface area contributed by atoms with Crippen molar-refractivity contribution >= 4 is 5.69 Å². The maximum atomic E-state index is 9.40. The van der Waals surface area contributed by atoms with Crippen molar-refractivity contribution in [1.29, 1.82) is 0 Å². The van der Waals surface area contributed by atoms with Gasteiger partial charge in [0.1, 0.15) is 6.61 Å². The Morgan fingerprint density at radius 1 is 1.20 bits per heavy atom. The lowest BCUT2D eigenvalue weighted by atomic mass is 10.1. The number of piperazine rings is 1. The van der Waals surface area contributed by atoms with E-state index in [1.165, 1.54) is 0 Å². The number of para-hydroxylation sites is 1. The summed E-state index contributed by atoms with van der Waals surface area (Å²) in [4.78, 5) is 2.25. The molecule has 1 aromatic rings. The van der Waals surface area contributed by atoms with Crippen molar-refractivity contribution in [2.24, 2.45) is 0 Å². The van der Waals surface area contributed by atoms with Crippen LogP contribution in [0.3, 0.4) is 0 Å². The van der Waals surface area contributed by atoms with E-state index in [1.807, 2.05) is 12.1 Å². The van der Waals surface area contributed by atoms with Gasteiger partial charge in [0.2, 0.25) is 0 Å². The van der Waals surface area contributed by atoms with Gasteiger partial charge in [-0.2, -0.15) is 0 Å². The van der Waals surface area contributed by atoms with E-state index in [0.717, 1.165) is 31.9 Å². The Morgan fingerprint density at radius 3 is 2.65 bits per heavy atom. The van der Waals surface area contributed by atoms with Crippen LogP contribution in [0.1, 0.15) is 0 Å². The number of hydrogen-bond donors (Lipinski definition) is 3. The summed E-state index contributed by atoms with van der Waals surface area (Å²) in [6.45, 7) is 3.33. The molecule has 0 saturated carbocycles. The Bertz CT molecular complexity index is 470. The van der Waals surface area contributed by atoms with Gasteiger partial charge in [0.15, 0.2) is 17.1 Å². The van der Waals surface area contributed by atoms with Gasteiger partial charge >= 0.3 is 0 Å². The van der Waals surface area contributed by atoms with E-state index in [-0.39, 0.29) is 19.8 Å². The zero-order chi connectivity index (χ0) is 14.0. The highest BCUT2D eigenvalue weighted by Gasteiger charge is 2.38. The van der Waals surface area contributed by atoms with Gasteiger partial charge in [-0.1, -0.05) is 6.07 Å². The van der Waals surface area contributed by atoms with E-state index >= 15 is 0 Å². The fourth-order valence-corrected chi connectivity index (χ4v) is 2.56. The molecule has 3 rings (SSSR count). The summed E-state index contributed by atoms with van der Waals surface area (Å²) >= 11 is 0. The molecule has 0 bridgehead atoms. The van der Waals surface area contributed by atoms with Crippen LogP contribution >= 0.6 is 0 Å². The lowest BCUT2D eigenvalue weighted by Crippen LogP contribution is -2.51. The highest BCUT2D eigenvalue weighted by atomic mass is 16.6. The van der Waals surface area contributed by atoms with Crippen LogP contribution in [0.2, 0.25) is 0 Å². The van der Waals surface area contributed by atoms with E-state index in [9.17, 15) is 10.2 Å². The molecule has 1 fully saturated rings. The van der Waals surface area contributed by atoms with Crippen molar-refractivity contribution in [3.05, 3.63) is 18.2 Å². The maximum Gasteiger partial charge on any atom is 0.188 e. The molecule has 0 unspecified atom stereocenters. The molecule has 1 aromatic carbocycles. The third kappa shape index (κ3) is 2.30. The van der Waals surface area contributed by atoms with Gasteiger partial charge in [-0.05, 0) is 12.1 Å². The summed E-state index contributed by atoms with van der Waals surface area (Å²) in [6, 6.07) is 5.73. The van der Waals surface area contributed by atoms with Gasteiger partial charge in [-0.3, -0.25) is 0 Å². The minimum absolute atomic E-state index is 0.149. The summed E-state index contributed by atoms with van der Waals surface area (Å²) in [5.41, 5.74) is -0.0387. The molecule has 0 amide bonds. The van der Waals surface area contributed by atoms with Crippen molar-refractivity contribution in [2.45, 2.75) is 5.60 Å². The summed E-state index contributed by atoms with van der Waals surface area (Å²) in [6.07, 6.45) is 0. The summed E-state index contributed by atoms with van der Waals surface area (Å²) in [5.74, 6) is 1.28. The topological polar surface area (TPSA) is 74.2 Å². The first-order valence-electron chi connectivity index (χ1n) is 6.90. The number of aliphatic hydroxyl groups is 2. The smallest absolute Gasteiger partial charge is 0.188 e. The van der Waals surface area contributed by atoms with E-state index in [0.29, 0.717) is 11.5 Å². The van der Waals surface area contributed by atoms with Crippen LogP contribution in [0, 0.1) is 0 Å². The predicted molar refractivity (Wildman–Crippen MR) is 74.6 cm³/mol. The van der Waals surface area contributed by atoms with Gasteiger partial charge in [-0.25, -0.2) is 0 Å². The van der Waals surface area contributed by atoms with Crippen LogP contribution in [0.15, 0.2) is 18.2 Å². The quantitative estimate of drug-likeness (QED) is 0.699. The molecule has 0 spiro atoms. The Balaban J connectivity index is 1.89. The van der Waals surface area contributed by atoms with Crippen LogP contribution in [0.5, 0.6) is 11.5 Å². The Morgan fingerprint density at radius 2 is 1.95 bits per heavy atom. The molecule has 0 aliphatic carbocycles. The maximum absolute atomic E-state index is 9.40. The lowest BCUT2D eigenvalue weighted by Gasteiger charge is -2.38. The van der Waals surface area contributed by atoms with E-state index < -0.39 is 5.60 Å². The molecular weight excluding hydrogens is 260 g/mol. The zero-order valence-corrected chi connectivity index (χ0v) is 11.3. The first kappa shape index (κ1) is 13.5. The van der Waals surface area contributed by atoms with Crippen molar-refractivity contribution < 1.29 is 19.7 Å². The number of hydrogen-bond acceptors (Lipinski definition) is 6. The minimum atomic E-state index is -1.05. The summed E-state index contributed by atoms with van der Waals surface area (Å²) in [5, 5.41) is 22.1. The average molecular weight is 280 g/mol. The van der Waals surface area contributed by atoms with Crippen LogP contribution < -0.4 is 19.7 Å². The molecule has 6 heteroatoms. The fourth-order valence-electron chi connectivity index (χ4n) is 2.56. The zero-order valence-electron chi connectivity index (χ0n) is 11.3. The Labute approximate surface area is 117 Å². The van der Waals surface area contributed by atoms with Crippen LogP contribution in [-0.2, 0) is 0 Å². The molecule has 2 aliphatic heterocycles. The molecule has 0 atom stereocenters. The van der Waals surface area contributed by atoms with Gasteiger partial charge in [0.25, 0.3) is 0 Å². The van der Waals surface area contributed by atoms with Crippen molar-refractivity contribution in [3.8, 4) is 11.5 Å². The molecule has 2 heterocycles. The lowest BCUT2D eigenvalue weighted by molar-refractivity contribution is -0.0786. The summed E-state index contributed by atoms with van der Waals surface area (Å²) in [7, 11) is 0. The second-order valence-electron chi connectivity index (χ2n) is 5.23. The standard InChI is InChI=1S/C14H20N2O4/c17-8-14(9-18)10-19-13-11(2-1-3-12(13)20-14)16-6-4-15-5-7-16/h1-3,15,17-18H,4-10H2. The number of nitrogens with zero attached hydrogens (tertiary/aromatic N) is 1. The van der Waals surface area contributed by atoms with Crippen molar-refractivity contribution in [3.63, 3.8) is 0 Å². The van der Waals surface area contributed by atoms with Crippen LogP contribution in [0.4, 0.5) is 5.69 Å². The fraction of sp³-hybridized carbons (Fsp3) is 0.571. The van der Waals surface area contributed by atoms with E-state index in [4.69, 9.17) is 9.47 Å². The molecule has 0 radical (unpaired) electrons. The van der Waals surface area contributed by atoms with Crippen molar-refractivity contribution in [2.75, 3.05) is 50.9 Å². The van der Waals surface area contributed by atoms with Gasteiger partial charge < -0.3 is 29.9 Å². The molecule has 3 N–H and O–H groups in total. The van der Waals surface area contributed by atoms with Gasteiger partial charge in [0, 0.05) is 26.2 Å². The molecule has 1 saturated heterocycles. The highest BCUT2D eigenvalue weighted by Crippen LogP contribution is 2.42. The number of ether oxygens (including phenoxy) is 2. The average Bonchev–Trinajstić information content (AvgIpc) is 2.54. The monoisotopic (exact) mass is 280 g/mol.